The molecular formula is C14H28O2. The molecule has 0 fully saturated rings. The van der Waals surface area contributed by atoms with Crippen molar-refractivity contribution in [2.45, 2.75) is 79.2 Å². The number of esters is 1. The third-order valence-electron chi connectivity index (χ3n) is 3.58. The van der Waals surface area contributed by atoms with Crippen LogP contribution in [0, 0.1) is 5.41 Å². The minimum Gasteiger partial charge on any atom is -0.459 e. The van der Waals surface area contributed by atoms with E-state index in [1.54, 1.807) is 0 Å². The van der Waals surface area contributed by atoms with Crippen LogP contribution >= 0.6 is 0 Å². The van der Waals surface area contributed by atoms with Crippen molar-refractivity contribution in [1.82, 2.24) is 0 Å². The van der Waals surface area contributed by atoms with Gasteiger partial charge in [0, 0.05) is 0 Å². The lowest BCUT2D eigenvalue weighted by molar-refractivity contribution is -0.170. The molecule has 0 heterocycles. The van der Waals surface area contributed by atoms with Gasteiger partial charge in [0.1, 0.15) is 5.60 Å². The monoisotopic (exact) mass is 228 g/mol. The fourth-order valence-corrected chi connectivity index (χ4v) is 1.36. The maximum absolute atomic E-state index is 12.0. The van der Waals surface area contributed by atoms with Crippen molar-refractivity contribution in [1.29, 1.82) is 0 Å². The lowest BCUT2D eigenvalue weighted by Gasteiger charge is -2.32. The van der Waals surface area contributed by atoms with Gasteiger partial charge in [0.25, 0.3) is 0 Å². The zero-order valence-corrected chi connectivity index (χ0v) is 11.9. The zero-order chi connectivity index (χ0) is 12.8. The highest BCUT2D eigenvalue weighted by Gasteiger charge is 2.33. The Hall–Kier alpha value is -0.530. The second-order valence-corrected chi connectivity index (χ2v) is 5.53. The van der Waals surface area contributed by atoms with Crippen molar-refractivity contribution in [3.63, 3.8) is 0 Å². The van der Waals surface area contributed by atoms with E-state index in [0.29, 0.717) is 0 Å². The van der Waals surface area contributed by atoms with Gasteiger partial charge in [0.15, 0.2) is 0 Å². The quantitative estimate of drug-likeness (QED) is 0.606. The summed E-state index contributed by atoms with van der Waals surface area (Å²) in [6.45, 7) is 12.2. The van der Waals surface area contributed by atoms with Gasteiger partial charge in [-0.15, -0.1) is 0 Å². The Bertz CT molecular complexity index is 221. The Morgan fingerprint density at radius 3 is 2.00 bits per heavy atom. The number of hydrogen-bond donors (Lipinski definition) is 0. The summed E-state index contributed by atoms with van der Waals surface area (Å²) < 4.78 is 5.71. The highest BCUT2D eigenvalue weighted by atomic mass is 16.6. The Kier molecular flexibility index (Phi) is 6.06. The Labute approximate surface area is 101 Å². The molecule has 0 aromatic carbocycles. The second kappa shape index (κ2) is 6.27. The molecule has 0 spiro atoms. The number of carbonyl (C=O) groups is 1. The van der Waals surface area contributed by atoms with Crippen LogP contribution < -0.4 is 0 Å². The van der Waals surface area contributed by atoms with Crippen LogP contribution in [-0.4, -0.2) is 11.6 Å². The zero-order valence-electron chi connectivity index (χ0n) is 11.9. The fraction of sp³-hybridized carbons (Fsp3) is 0.929. The van der Waals surface area contributed by atoms with E-state index in [1.165, 1.54) is 0 Å². The van der Waals surface area contributed by atoms with Crippen molar-refractivity contribution in [2.75, 3.05) is 0 Å². The number of carbonyl (C=O) groups excluding carboxylic acids is 1. The van der Waals surface area contributed by atoms with E-state index in [0.717, 1.165) is 32.1 Å². The molecule has 0 radical (unpaired) electrons. The van der Waals surface area contributed by atoms with Gasteiger partial charge in [-0.1, -0.05) is 27.2 Å². The summed E-state index contributed by atoms with van der Waals surface area (Å²) in [6, 6.07) is 0. The van der Waals surface area contributed by atoms with E-state index in [2.05, 4.69) is 13.8 Å². The molecule has 0 aliphatic rings. The van der Waals surface area contributed by atoms with Crippen molar-refractivity contribution < 1.29 is 9.53 Å². The molecule has 0 aliphatic carbocycles. The van der Waals surface area contributed by atoms with Gasteiger partial charge in [-0.25, -0.2) is 0 Å². The molecule has 2 heteroatoms. The van der Waals surface area contributed by atoms with Gasteiger partial charge in [-0.2, -0.15) is 0 Å². The molecule has 0 rings (SSSR count). The lowest BCUT2D eigenvalue weighted by Crippen LogP contribution is -2.37. The average Bonchev–Trinajstić information content (AvgIpc) is 2.26. The van der Waals surface area contributed by atoms with Crippen molar-refractivity contribution in [3.05, 3.63) is 0 Å². The van der Waals surface area contributed by atoms with E-state index in [-0.39, 0.29) is 17.0 Å². The first-order valence-electron chi connectivity index (χ1n) is 6.54. The molecule has 0 bridgehead atoms. The summed E-state index contributed by atoms with van der Waals surface area (Å²) in [5.41, 5.74) is -0.637. The number of unbranched alkanes of at least 4 members (excludes halogenated alkanes) is 1. The van der Waals surface area contributed by atoms with Gasteiger partial charge in [0.05, 0.1) is 5.41 Å². The third kappa shape index (κ3) is 4.54. The first-order chi connectivity index (χ1) is 7.31. The number of rotatable bonds is 7. The molecule has 0 aromatic rings. The van der Waals surface area contributed by atoms with Crippen LogP contribution in [0.15, 0.2) is 0 Å². The van der Waals surface area contributed by atoms with Gasteiger partial charge in [-0.3, -0.25) is 4.79 Å². The standard InChI is InChI=1S/C14H28O2/c1-7-10-11-14(6,9-3)16-12(15)13(4,5)8-2/h7-11H2,1-6H3. The van der Waals surface area contributed by atoms with Gasteiger partial charge in [0.2, 0.25) is 0 Å². The molecule has 0 amide bonds. The van der Waals surface area contributed by atoms with Crippen LogP contribution in [0.3, 0.4) is 0 Å². The average molecular weight is 228 g/mol. The molecule has 96 valence electrons. The molecule has 0 N–H and O–H groups in total. The molecule has 2 nitrogen and oxygen atoms in total. The van der Waals surface area contributed by atoms with Crippen LogP contribution in [-0.2, 0) is 9.53 Å². The third-order valence-corrected chi connectivity index (χ3v) is 3.58. The van der Waals surface area contributed by atoms with Crippen LogP contribution in [0.2, 0.25) is 0 Å². The maximum atomic E-state index is 12.0. The molecular weight excluding hydrogens is 200 g/mol. The Morgan fingerprint density at radius 1 is 1.06 bits per heavy atom. The lowest BCUT2D eigenvalue weighted by atomic mass is 9.89. The summed E-state index contributed by atoms with van der Waals surface area (Å²) in [6.07, 6.45) is 4.93. The predicted octanol–water partition coefficient (Wildman–Crippen LogP) is 4.32. The summed E-state index contributed by atoms with van der Waals surface area (Å²) >= 11 is 0. The Morgan fingerprint density at radius 2 is 1.62 bits per heavy atom. The summed E-state index contributed by atoms with van der Waals surface area (Å²) in [4.78, 5) is 12.0. The molecule has 0 saturated heterocycles. The Balaban J connectivity index is 4.47. The molecule has 1 unspecified atom stereocenters. The van der Waals surface area contributed by atoms with Gasteiger partial charge < -0.3 is 4.74 Å². The van der Waals surface area contributed by atoms with E-state index >= 15 is 0 Å². The van der Waals surface area contributed by atoms with Gasteiger partial charge >= 0.3 is 5.97 Å². The van der Waals surface area contributed by atoms with Crippen molar-refractivity contribution in [3.8, 4) is 0 Å². The van der Waals surface area contributed by atoms with Gasteiger partial charge in [-0.05, 0) is 46.5 Å². The van der Waals surface area contributed by atoms with Crippen LogP contribution in [0.25, 0.3) is 0 Å². The normalized spacial score (nSPS) is 15.6. The van der Waals surface area contributed by atoms with Crippen molar-refractivity contribution >= 4 is 5.97 Å². The molecule has 16 heavy (non-hydrogen) atoms. The first-order valence-corrected chi connectivity index (χ1v) is 6.54. The van der Waals surface area contributed by atoms with Crippen LogP contribution in [0.4, 0.5) is 0 Å². The van der Waals surface area contributed by atoms with Crippen LogP contribution in [0.5, 0.6) is 0 Å². The van der Waals surface area contributed by atoms with E-state index < -0.39 is 0 Å². The summed E-state index contributed by atoms with van der Waals surface area (Å²) in [5, 5.41) is 0. The molecule has 0 aromatic heterocycles. The smallest absolute Gasteiger partial charge is 0.312 e. The van der Waals surface area contributed by atoms with Crippen molar-refractivity contribution in [2.24, 2.45) is 5.41 Å². The molecule has 0 saturated carbocycles. The predicted molar refractivity (Wildman–Crippen MR) is 68.4 cm³/mol. The summed E-state index contributed by atoms with van der Waals surface area (Å²) in [5.74, 6) is -0.0598. The topological polar surface area (TPSA) is 26.3 Å². The minimum atomic E-state index is -0.358. The van der Waals surface area contributed by atoms with E-state index in [1.807, 2.05) is 27.7 Å². The number of hydrogen-bond acceptors (Lipinski definition) is 2. The fourth-order valence-electron chi connectivity index (χ4n) is 1.36. The maximum Gasteiger partial charge on any atom is 0.312 e. The summed E-state index contributed by atoms with van der Waals surface area (Å²) in [7, 11) is 0. The molecule has 1 atom stereocenters. The second-order valence-electron chi connectivity index (χ2n) is 5.53. The minimum absolute atomic E-state index is 0.0598. The highest BCUT2D eigenvalue weighted by Crippen LogP contribution is 2.29. The first kappa shape index (κ1) is 15.5. The SMILES string of the molecule is CCCCC(C)(CC)OC(=O)C(C)(C)CC. The number of ether oxygens (including phenoxy) is 1. The molecule has 0 aliphatic heterocycles. The van der Waals surface area contributed by atoms with E-state index in [9.17, 15) is 4.79 Å². The largest absolute Gasteiger partial charge is 0.459 e. The van der Waals surface area contributed by atoms with E-state index in [4.69, 9.17) is 4.74 Å². The highest BCUT2D eigenvalue weighted by molar-refractivity contribution is 5.76. The van der Waals surface area contributed by atoms with Crippen LogP contribution in [0.1, 0.15) is 73.6 Å².